The maximum absolute atomic E-state index is 13.9. The molecule has 0 N–H and O–H groups in total. The lowest BCUT2D eigenvalue weighted by Gasteiger charge is -2.35. The largest absolute Gasteiger partial charge is 0.348 e. The first-order chi connectivity index (χ1) is 9.15. The molecule has 0 aliphatic carbocycles. The smallest absolute Gasteiger partial charge is 0.166 e. The summed E-state index contributed by atoms with van der Waals surface area (Å²) in [6.45, 7) is 0.311. The second-order valence-corrected chi connectivity index (χ2v) is 4.51. The van der Waals surface area contributed by atoms with E-state index in [0.717, 1.165) is 0 Å². The summed E-state index contributed by atoms with van der Waals surface area (Å²) in [5.41, 5.74) is 0.670. The summed E-state index contributed by atoms with van der Waals surface area (Å²) in [7, 11) is 0. The number of halogens is 3. The molecule has 2 nitrogen and oxygen atoms in total. The van der Waals surface area contributed by atoms with Crippen LogP contribution >= 0.6 is 0 Å². The fourth-order valence-electron chi connectivity index (χ4n) is 2.10. The Bertz CT molecular complexity index is 609. The van der Waals surface area contributed by atoms with Gasteiger partial charge in [-0.2, -0.15) is 0 Å². The molecule has 1 aromatic heterocycles. The van der Waals surface area contributed by atoms with E-state index in [1.165, 1.54) is 23.2 Å². The Morgan fingerprint density at radius 3 is 2.47 bits per heavy atom. The molecule has 0 amide bonds. The van der Waals surface area contributed by atoms with Gasteiger partial charge in [0.2, 0.25) is 0 Å². The molecule has 1 saturated heterocycles. The van der Waals surface area contributed by atoms with Crippen molar-refractivity contribution in [2.75, 3.05) is 18.0 Å². The summed E-state index contributed by atoms with van der Waals surface area (Å²) in [5, 5.41) is 0. The van der Waals surface area contributed by atoms with Gasteiger partial charge in [-0.3, -0.25) is 0 Å². The number of hydrogen-bond acceptors (Lipinski definition) is 2. The molecule has 2 heterocycles. The molecule has 0 saturated carbocycles. The molecule has 0 bridgehead atoms. The van der Waals surface area contributed by atoms with Gasteiger partial charge in [0.05, 0.1) is 13.1 Å². The van der Waals surface area contributed by atoms with Crippen molar-refractivity contribution in [2.45, 2.75) is 6.17 Å². The highest BCUT2D eigenvalue weighted by Gasteiger charge is 2.29. The van der Waals surface area contributed by atoms with Crippen LogP contribution in [-0.2, 0) is 0 Å². The van der Waals surface area contributed by atoms with Gasteiger partial charge >= 0.3 is 0 Å². The molecule has 19 heavy (non-hydrogen) atoms. The third kappa shape index (κ3) is 2.16. The van der Waals surface area contributed by atoms with E-state index in [1.54, 1.807) is 18.2 Å². The van der Waals surface area contributed by atoms with Crippen LogP contribution in [-0.4, -0.2) is 24.2 Å². The Labute approximate surface area is 108 Å². The highest BCUT2D eigenvalue weighted by Crippen LogP contribution is 2.28. The summed E-state index contributed by atoms with van der Waals surface area (Å²) in [4.78, 5) is 5.49. The molecular formula is C14H11F3N2. The molecule has 0 unspecified atom stereocenters. The van der Waals surface area contributed by atoms with Gasteiger partial charge in [-0.05, 0) is 12.1 Å². The SMILES string of the molecule is Fc1ccccc1-c1cnc(N2CC(F)C2)c(F)c1. The van der Waals surface area contributed by atoms with Crippen molar-refractivity contribution >= 4 is 5.82 Å². The second-order valence-electron chi connectivity index (χ2n) is 4.51. The van der Waals surface area contributed by atoms with Crippen LogP contribution in [0.4, 0.5) is 19.0 Å². The average molecular weight is 264 g/mol. The van der Waals surface area contributed by atoms with Gasteiger partial charge in [-0.1, -0.05) is 18.2 Å². The quantitative estimate of drug-likeness (QED) is 0.828. The lowest BCUT2D eigenvalue weighted by molar-refractivity contribution is 0.271. The van der Waals surface area contributed by atoms with Gasteiger partial charge in [0, 0.05) is 17.3 Å². The zero-order chi connectivity index (χ0) is 13.4. The van der Waals surface area contributed by atoms with Crippen molar-refractivity contribution in [3.63, 3.8) is 0 Å². The lowest BCUT2D eigenvalue weighted by Crippen LogP contribution is -2.49. The third-order valence-electron chi connectivity index (χ3n) is 3.14. The highest BCUT2D eigenvalue weighted by molar-refractivity contribution is 5.65. The Morgan fingerprint density at radius 1 is 1.11 bits per heavy atom. The van der Waals surface area contributed by atoms with Crippen LogP contribution in [0, 0.1) is 11.6 Å². The van der Waals surface area contributed by atoms with Crippen LogP contribution < -0.4 is 4.90 Å². The number of pyridine rings is 1. The molecule has 1 aliphatic heterocycles. The van der Waals surface area contributed by atoms with Crippen LogP contribution in [0.5, 0.6) is 0 Å². The van der Waals surface area contributed by atoms with Gasteiger partial charge in [0.1, 0.15) is 12.0 Å². The van der Waals surface area contributed by atoms with Crippen LogP contribution in [0.25, 0.3) is 11.1 Å². The van der Waals surface area contributed by atoms with Gasteiger partial charge in [-0.15, -0.1) is 0 Å². The Balaban J connectivity index is 1.94. The number of aromatic nitrogens is 1. The van der Waals surface area contributed by atoms with E-state index in [0.29, 0.717) is 11.1 Å². The number of alkyl halides is 1. The number of hydrogen-bond donors (Lipinski definition) is 0. The van der Waals surface area contributed by atoms with E-state index in [9.17, 15) is 13.2 Å². The van der Waals surface area contributed by atoms with Gasteiger partial charge < -0.3 is 4.90 Å². The first-order valence-corrected chi connectivity index (χ1v) is 5.94. The van der Waals surface area contributed by atoms with E-state index >= 15 is 0 Å². The van der Waals surface area contributed by atoms with E-state index in [1.807, 2.05) is 0 Å². The average Bonchev–Trinajstić information content (AvgIpc) is 2.36. The molecule has 98 valence electrons. The predicted molar refractivity (Wildman–Crippen MR) is 66.7 cm³/mol. The lowest BCUT2D eigenvalue weighted by atomic mass is 10.1. The minimum atomic E-state index is -0.924. The topological polar surface area (TPSA) is 16.1 Å². The molecule has 1 aromatic carbocycles. The van der Waals surface area contributed by atoms with Gasteiger partial charge in [0.25, 0.3) is 0 Å². The summed E-state index contributed by atoms with van der Waals surface area (Å²) in [5.74, 6) is -0.870. The molecular weight excluding hydrogens is 253 g/mol. The molecule has 5 heteroatoms. The van der Waals surface area contributed by atoms with Gasteiger partial charge in [-0.25, -0.2) is 18.2 Å². The molecule has 0 spiro atoms. The van der Waals surface area contributed by atoms with Crippen molar-refractivity contribution in [1.29, 1.82) is 0 Å². The standard InChI is InChI=1S/C14H11F3N2/c15-10-7-19(8-10)14-13(17)5-9(6-18-14)11-3-1-2-4-12(11)16/h1-6,10H,7-8H2. The van der Waals surface area contributed by atoms with E-state index in [-0.39, 0.29) is 18.9 Å². The first kappa shape index (κ1) is 12.0. The Hall–Kier alpha value is -2.04. The van der Waals surface area contributed by atoms with Crippen molar-refractivity contribution < 1.29 is 13.2 Å². The summed E-state index contributed by atoms with van der Waals surface area (Å²) in [6.07, 6.45) is 0.481. The van der Waals surface area contributed by atoms with Crippen LogP contribution in [0.3, 0.4) is 0 Å². The maximum atomic E-state index is 13.9. The number of rotatable bonds is 2. The van der Waals surface area contributed by atoms with E-state index < -0.39 is 17.8 Å². The van der Waals surface area contributed by atoms with Crippen molar-refractivity contribution in [1.82, 2.24) is 4.98 Å². The van der Waals surface area contributed by atoms with Crippen LogP contribution in [0.2, 0.25) is 0 Å². The van der Waals surface area contributed by atoms with E-state index in [2.05, 4.69) is 4.98 Å². The summed E-state index contributed by atoms with van der Waals surface area (Å²) < 4.78 is 40.2. The van der Waals surface area contributed by atoms with Crippen molar-refractivity contribution in [3.05, 3.63) is 48.2 Å². The Kier molecular flexibility index (Phi) is 2.89. The van der Waals surface area contributed by atoms with Crippen molar-refractivity contribution in [3.8, 4) is 11.1 Å². The zero-order valence-electron chi connectivity index (χ0n) is 9.98. The highest BCUT2D eigenvalue weighted by atomic mass is 19.1. The first-order valence-electron chi connectivity index (χ1n) is 5.94. The summed E-state index contributed by atoms with van der Waals surface area (Å²) >= 11 is 0. The van der Waals surface area contributed by atoms with Crippen LogP contribution in [0.1, 0.15) is 0 Å². The third-order valence-corrected chi connectivity index (χ3v) is 3.14. The number of benzene rings is 1. The Morgan fingerprint density at radius 2 is 1.84 bits per heavy atom. The van der Waals surface area contributed by atoms with Gasteiger partial charge in [0.15, 0.2) is 11.6 Å². The minimum absolute atomic E-state index is 0.119. The fraction of sp³-hybridized carbons (Fsp3) is 0.214. The summed E-state index contributed by atoms with van der Waals surface area (Å²) in [6, 6.07) is 7.34. The molecule has 1 fully saturated rings. The normalized spacial score (nSPS) is 15.4. The molecule has 0 atom stereocenters. The molecule has 3 rings (SSSR count). The molecule has 2 aromatic rings. The number of nitrogens with zero attached hydrogens (tertiary/aromatic N) is 2. The second kappa shape index (κ2) is 4.57. The van der Waals surface area contributed by atoms with Crippen molar-refractivity contribution in [2.24, 2.45) is 0 Å². The van der Waals surface area contributed by atoms with Crippen LogP contribution in [0.15, 0.2) is 36.5 Å². The number of anilines is 1. The van der Waals surface area contributed by atoms with E-state index in [4.69, 9.17) is 0 Å². The maximum Gasteiger partial charge on any atom is 0.166 e. The molecule has 1 aliphatic rings. The zero-order valence-corrected chi connectivity index (χ0v) is 9.98. The fourth-order valence-corrected chi connectivity index (χ4v) is 2.10. The monoisotopic (exact) mass is 264 g/mol. The molecule has 0 radical (unpaired) electrons. The minimum Gasteiger partial charge on any atom is -0.348 e. The predicted octanol–water partition coefficient (Wildman–Crippen LogP) is 3.18.